The first kappa shape index (κ1) is 22.1. The van der Waals surface area contributed by atoms with Crippen molar-refractivity contribution < 1.29 is 4.52 Å². The third-order valence-electron chi connectivity index (χ3n) is 5.87. The highest BCUT2D eigenvalue weighted by atomic mass is 35.5. The second-order valence-corrected chi connectivity index (χ2v) is 8.58. The third-order valence-corrected chi connectivity index (χ3v) is 6.05. The summed E-state index contributed by atoms with van der Waals surface area (Å²) in [6.07, 6.45) is 5.47. The van der Waals surface area contributed by atoms with Crippen LogP contribution in [0, 0.1) is 0 Å². The second-order valence-electron chi connectivity index (χ2n) is 8.22. The van der Waals surface area contributed by atoms with Gasteiger partial charge in [-0.05, 0) is 54.4 Å². The largest absolute Gasteiger partial charge is 0.361 e. The molecule has 0 bridgehead atoms. The van der Waals surface area contributed by atoms with E-state index in [0.717, 1.165) is 29.3 Å². The highest BCUT2D eigenvalue weighted by molar-refractivity contribution is 6.29. The van der Waals surface area contributed by atoms with Gasteiger partial charge >= 0.3 is 5.69 Å². The van der Waals surface area contributed by atoms with Crippen LogP contribution in [0.5, 0.6) is 0 Å². The number of aromatic amines is 2. The fourth-order valence-corrected chi connectivity index (χ4v) is 4.23. The number of fused-ring (bicyclic) bond motifs is 2. The number of unbranched alkanes of at least 4 members (excludes halogenated alkanes) is 2. The number of aryl methyl sites for hydroxylation is 2. The maximum atomic E-state index is 13.0. The predicted octanol–water partition coefficient (Wildman–Crippen LogP) is 3.89. The van der Waals surface area contributed by atoms with Gasteiger partial charge in [-0.3, -0.25) is 13.9 Å². The number of nitrogens with zero attached hydrogens (tertiary/aromatic N) is 5. The van der Waals surface area contributed by atoms with Crippen molar-refractivity contribution >= 4 is 33.7 Å². The molecule has 0 saturated heterocycles. The molecule has 4 heterocycles. The molecule has 0 spiro atoms. The summed E-state index contributed by atoms with van der Waals surface area (Å²) in [6.45, 7) is 2.80. The zero-order valence-electron chi connectivity index (χ0n) is 18.7. The van der Waals surface area contributed by atoms with E-state index in [-0.39, 0.29) is 23.0 Å². The van der Waals surface area contributed by atoms with Gasteiger partial charge in [0.25, 0.3) is 11.4 Å². The molecule has 0 amide bonds. The van der Waals surface area contributed by atoms with Gasteiger partial charge in [-0.2, -0.15) is 9.97 Å². The SMILES string of the molecule is CCCCn1c(=O)n(CCCCc2noc(-c3ccc4cc[nH]c4c3)n2)c(=O)c2[nH]c(Cl)nc21. The molecule has 5 rings (SSSR count). The van der Waals surface area contributed by atoms with Crippen molar-refractivity contribution in [2.75, 3.05) is 0 Å². The Morgan fingerprint density at radius 1 is 1.06 bits per heavy atom. The molecule has 0 aliphatic carbocycles. The monoisotopic (exact) mass is 481 g/mol. The fourth-order valence-electron chi connectivity index (χ4n) is 4.06. The van der Waals surface area contributed by atoms with Crippen molar-refractivity contribution in [2.45, 2.75) is 52.1 Å². The minimum absolute atomic E-state index is 0.0952. The van der Waals surface area contributed by atoms with Gasteiger partial charge < -0.3 is 14.5 Å². The van der Waals surface area contributed by atoms with Crippen LogP contribution in [-0.2, 0) is 19.5 Å². The lowest BCUT2D eigenvalue weighted by Crippen LogP contribution is -2.40. The number of halogens is 1. The first-order valence-corrected chi connectivity index (χ1v) is 11.7. The molecule has 0 radical (unpaired) electrons. The lowest BCUT2D eigenvalue weighted by Gasteiger charge is -2.10. The maximum Gasteiger partial charge on any atom is 0.332 e. The van der Waals surface area contributed by atoms with Crippen LogP contribution in [0.25, 0.3) is 33.5 Å². The van der Waals surface area contributed by atoms with Crippen LogP contribution >= 0.6 is 11.6 Å². The van der Waals surface area contributed by atoms with Gasteiger partial charge in [0, 0.05) is 36.8 Å². The molecule has 0 fully saturated rings. The maximum absolute atomic E-state index is 13.0. The summed E-state index contributed by atoms with van der Waals surface area (Å²) in [6, 6.07) is 7.92. The quantitative estimate of drug-likeness (QED) is 0.243. The van der Waals surface area contributed by atoms with Gasteiger partial charge in [-0.1, -0.05) is 24.6 Å². The minimum Gasteiger partial charge on any atom is -0.361 e. The molecule has 0 unspecified atom stereocenters. The number of hydrogen-bond donors (Lipinski definition) is 2. The summed E-state index contributed by atoms with van der Waals surface area (Å²) >= 11 is 5.97. The zero-order chi connectivity index (χ0) is 23.7. The molecule has 11 heteroatoms. The minimum atomic E-state index is -0.409. The summed E-state index contributed by atoms with van der Waals surface area (Å²) in [5.74, 6) is 1.05. The van der Waals surface area contributed by atoms with E-state index in [9.17, 15) is 9.59 Å². The van der Waals surface area contributed by atoms with Gasteiger partial charge in [-0.15, -0.1) is 0 Å². The topological polar surface area (TPSA) is 127 Å². The molecule has 34 heavy (non-hydrogen) atoms. The van der Waals surface area contributed by atoms with Crippen molar-refractivity contribution in [3.63, 3.8) is 0 Å². The van der Waals surface area contributed by atoms with Crippen molar-refractivity contribution in [2.24, 2.45) is 0 Å². The van der Waals surface area contributed by atoms with Crippen LogP contribution in [0.4, 0.5) is 0 Å². The van der Waals surface area contributed by atoms with E-state index in [1.165, 1.54) is 9.13 Å². The normalized spacial score (nSPS) is 11.7. The average molecular weight is 482 g/mol. The van der Waals surface area contributed by atoms with Gasteiger partial charge in [0.15, 0.2) is 17.0 Å². The number of nitrogens with one attached hydrogen (secondary N) is 2. The van der Waals surface area contributed by atoms with Crippen LogP contribution < -0.4 is 11.2 Å². The Hall–Kier alpha value is -3.66. The standard InChI is InChI=1S/C23H24ClN7O3/c1-2-3-11-30-19-18(27-22(24)28-19)21(32)31(23(30)33)12-5-4-6-17-26-20(34-29-17)15-8-7-14-9-10-25-16(14)13-15/h7-10,13,25H,2-6,11-12H2,1H3,(H,27,28). The van der Waals surface area contributed by atoms with Crippen LogP contribution in [0.1, 0.15) is 38.4 Å². The number of H-pyrrole nitrogens is 2. The van der Waals surface area contributed by atoms with Gasteiger partial charge in [0.05, 0.1) is 0 Å². The average Bonchev–Trinajstić information content (AvgIpc) is 3.57. The summed E-state index contributed by atoms with van der Waals surface area (Å²) in [5, 5.41) is 5.28. The first-order valence-electron chi connectivity index (χ1n) is 11.3. The summed E-state index contributed by atoms with van der Waals surface area (Å²) < 4.78 is 8.20. The Kier molecular flexibility index (Phi) is 6.06. The van der Waals surface area contributed by atoms with E-state index in [2.05, 4.69) is 25.1 Å². The molecule has 10 nitrogen and oxygen atoms in total. The number of aromatic nitrogens is 7. The van der Waals surface area contributed by atoms with E-state index in [1.807, 2.05) is 37.4 Å². The zero-order valence-corrected chi connectivity index (χ0v) is 19.4. The Morgan fingerprint density at radius 3 is 2.76 bits per heavy atom. The Balaban J connectivity index is 1.28. The predicted molar refractivity (Wildman–Crippen MR) is 129 cm³/mol. The van der Waals surface area contributed by atoms with Gasteiger partial charge in [-0.25, -0.2) is 4.79 Å². The molecule has 1 aromatic carbocycles. The first-order chi connectivity index (χ1) is 16.5. The molecule has 0 aliphatic heterocycles. The molecule has 0 aliphatic rings. The van der Waals surface area contributed by atoms with Crippen LogP contribution in [-0.4, -0.2) is 34.2 Å². The molecule has 0 atom stereocenters. The second kappa shape index (κ2) is 9.30. The number of imidazole rings is 1. The number of benzene rings is 1. The molecule has 176 valence electrons. The Morgan fingerprint density at radius 2 is 1.91 bits per heavy atom. The Bertz CT molecular complexity index is 1570. The number of rotatable bonds is 9. The summed E-state index contributed by atoms with van der Waals surface area (Å²) in [4.78, 5) is 40.4. The van der Waals surface area contributed by atoms with Crippen LogP contribution in [0.2, 0.25) is 5.28 Å². The smallest absolute Gasteiger partial charge is 0.332 e. The molecular formula is C23H24ClN7O3. The molecular weight excluding hydrogens is 458 g/mol. The summed E-state index contributed by atoms with van der Waals surface area (Å²) in [5.41, 5.74) is 1.63. The highest BCUT2D eigenvalue weighted by Crippen LogP contribution is 2.22. The highest BCUT2D eigenvalue weighted by Gasteiger charge is 2.17. The van der Waals surface area contributed by atoms with Gasteiger partial charge in [0.1, 0.15) is 0 Å². The van der Waals surface area contributed by atoms with E-state index < -0.39 is 5.56 Å². The van der Waals surface area contributed by atoms with Crippen LogP contribution in [0.3, 0.4) is 0 Å². The molecule has 4 aromatic heterocycles. The molecule has 0 saturated carbocycles. The van der Waals surface area contributed by atoms with Gasteiger partial charge in [0.2, 0.25) is 5.28 Å². The van der Waals surface area contributed by atoms with Crippen molar-refractivity contribution in [3.8, 4) is 11.5 Å². The molecule has 2 N–H and O–H groups in total. The molecule has 5 aromatic rings. The van der Waals surface area contributed by atoms with E-state index in [0.29, 0.717) is 43.2 Å². The van der Waals surface area contributed by atoms with E-state index in [1.54, 1.807) is 0 Å². The van der Waals surface area contributed by atoms with Crippen molar-refractivity contribution in [3.05, 3.63) is 62.4 Å². The third kappa shape index (κ3) is 4.16. The Labute approximate surface area is 198 Å². The summed E-state index contributed by atoms with van der Waals surface area (Å²) in [7, 11) is 0. The van der Waals surface area contributed by atoms with Crippen molar-refractivity contribution in [1.82, 2.24) is 34.2 Å². The van der Waals surface area contributed by atoms with Crippen molar-refractivity contribution in [1.29, 1.82) is 0 Å². The lowest BCUT2D eigenvalue weighted by atomic mass is 10.1. The number of hydrogen-bond acceptors (Lipinski definition) is 6. The van der Waals surface area contributed by atoms with Crippen LogP contribution in [0.15, 0.2) is 44.6 Å². The van der Waals surface area contributed by atoms with E-state index >= 15 is 0 Å². The lowest BCUT2D eigenvalue weighted by molar-refractivity contribution is 0.420. The van der Waals surface area contributed by atoms with E-state index in [4.69, 9.17) is 16.1 Å². The fraction of sp³-hybridized carbons (Fsp3) is 0.348.